The molecule has 0 atom stereocenters. The van der Waals surface area contributed by atoms with Crippen LogP contribution < -0.4 is 15.5 Å². The summed E-state index contributed by atoms with van der Waals surface area (Å²) in [6, 6.07) is 9.65. The molecule has 27 heavy (non-hydrogen) atoms. The van der Waals surface area contributed by atoms with Gasteiger partial charge in [0.15, 0.2) is 0 Å². The van der Waals surface area contributed by atoms with Crippen LogP contribution in [-0.2, 0) is 9.47 Å². The van der Waals surface area contributed by atoms with Crippen LogP contribution in [0.15, 0.2) is 42.7 Å². The van der Waals surface area contributed by atoms with Crippen LogP contribution in [0.2, 0.25) is 0 Å². The van der Waals surface area contributed by atoms with Gasteiger partial charge in [-0.25, -0.2) is 0 Å². The summed E-state index contributed by atoms with van der Waals surface area (Å²) >= 11 is 0. The number of nitrogens with zero attached hydrogens (tertiary/aromatic N) is 2. The van der Waals surface area contributed by atoms with E-state index in [0.29, 0.717) is 25.4 Å². The van der Waals surface area contributed by atoms with Crippen LogP contribution in [0.5, 0.6) is 0 Å². The van der Waals surface area contributed by atoms with Crippen molar-refractivity contribution in [3.05, 3.63) is 48.3 Å². The second kappa shape index (κ2) is 9.89. The van der Waals surface area contributed by atoms with E-state index in [4.69, 9.17) is 9.47 Å². The Balaban J connectivity index is 1.67. The zero-order valence-electron chi connectivity index (χ0n) is 15.6. The predicted octanol–water partition coefficient (Wildman–Crippen LogP) is 2.62. The second-order valence-electron chi connectivity index (χ2n) is 6.31. The van der Waals surface area contributed by atoms with Crippen LogP contribution in [0, 0.1) is 0 Å². The SMILES string of the molecule is COCCCNc1cncc(C(=O)Nc2ccccc2N2CCOCC2)c1. The Kier molecular flexibility index (Phi) is 7.01. The minimum atomic E-state index is -0.177. The number of benzene rings is 1. The van der Waals surface area contributed by atoms with Crippen LogP contribution in [0.3, 0.4) is 0 Å². The topological polar surface area (TPSA) is 75.7 Å². The Labute approximate surface area is 159 Å². The van der Waals surface area contributed by atoms with Gasteiger partial charge in [-0.2, -0.15) is 0 Å². The van der Waals surface area contributed by atoms with Gasteiger partial charge in [0.25, 0.3) is 5.91 Å². The maximum atomic E-state index is 12.7. The summed E-state index contributed by atoms with van der Waals surface area (Å²) in [5, 5.41) is 6.28. The third kappa shape index (κ3) is 5.42. The number of nitrogens with one attached hydrogen (secondary N) is 2. The summed E-state index contributed by atoms with van der Waals surface area (Å²) in [4.78, 5) is 19.1. The standard InChI is InChI=1S/C20H26N4O3/c1-26-10-4-7-22-17-13-16(14-21-15-17)20(25)23-18-5-2-3-6-19(18)24-8-11-27-12-9-24/h2-3,5-6,13-15,22H,4,7-12H2,1H3,(H,23,25). The molecule has 0 bridgehead atoms. The van der Waals surface area contributed by atoms with Crippen molar-refractivity contribution in [2.75, 3.05) is 62.1 Å². The van der Waals surface area contributed by atoms with E-state index in [0.717, 1.165) is 43.1 Å². The zero-order valence-corrected chi connectivity index (χ0v) is 15.6. The van der Waals surface area contributed by atoms with Crippen molar-refractivity contribution in [1.82, 2.24) is 4.98 Å². The molecule has 1 aliphatic rings. The number of pyridine rings is 1. The van der Waals surface area contributed by atoms with E-state index in [-0.39, 0.29) is 5.91 Å². The molecule has 2 heterocycles. The zero-order chi connectivity index (χ0) is 18.9. The van der Waals surface area contributed by atoms with E-state index >= 15 is 0 Å². The van der Waals surface area contributed by atoms with Crippen molar-refractivity contribution in [2.45, 2.75) is 6.42 Å². The molecular formula is C20H26N4O3. The van der Waals surface area contributed by atoms with Gasteiger partial charge in [0.1, 0.15) is 0 Å². The lowest BCUT2D eigenvalue weighted by molar-refractivity contribution is 0.102. The largest absolute Gasteiger partial charge is 0.385 e. The normalized spacial score (nSPS) is 14.0. The van der Waals surface area contributed by atoms with Gasteiger partial charge in [0.2, 0.25) is 0 Å². The number of ether oxygens (including phenoxy) is 2. The molecule has 1 aromatic heterocycles. The number of hydrogen-bond donors (Lipinski definition) is 2. The minimum Gasteiger partial charge on any atom is -0.385 e. The second-order valence-corrected chi connectivity index (χ2v) is 6.31. The van der Waals surface area contributed by atoms with Gasteiger partial charge < -0.3 is 25.0 Å². The van der Waals surface area contributed by atoms with Gasteiger partial charge in [-0.3, -0.25) is 9.78 Å². The molecule has 2 aromatic rings. The van der Waals surface area contributed by atoms with E-state index in [1.54, 1.807) is 19.5 Å². The fourth-order valence-corrected chi connectivity index (χ4v) is 2.96. The molecule has 1 saturated heterocycles. The van der Waals surface area contributed by atoms with E-state index in [1.165, 1.54) is 0 Å². The summed E-state index contributed by atoms with van der Waals surface area (Å²) in [5.41, 5.74) is 3.14. The van der Waals surface area contributed by atoms with Gasteiger partial charge in [0, 0.05) is 45.7 Å². The van der Waals surface area contributed by atoms with Crippen molar-refractivity contribution in [2.24, 2.45) is 0 Å². The van der Waals surface area contributed by atoms with Crippen molar-refractivity contribution in [3.8, 4) is 0 Å². The highest BCUT2D eigenvalue weighted by Gasteiger charge is 2.16. The molecule has 0 unspecified atom stereocenters. The molecule has 1 aromatic carbocycles. The van der Waals surface area contributed by atoms with E-state index in [9.17, 15) is 4.79 Å². The fourth-order valence-electron chi connectivity index (χ4n) is 2.96. The maximum absolute atomic E-state index is 12.7. The van der Waals surface area contributed by atoms with Crippen LogP contribution in [0.1, 0.15) is 16.8 Å². The number of morpholine rings is 1. The number of amides is 1. The molecular weight excluding hydrogens is 344 g/mol. The highest BCUT2D eigenvalue weighted by molar-refractivity contribution is 6.06. The number of rotatable bonds is 8. The lowest BCUT2D eigenvalue weighted by atomic mass is 10.2. The quantitative estimate of drug-likeness (QED) is 0.696. The number of anilines is 3. The first kappa shape index (κ1) is 19.1. The first-order chi connectivity index (χ1) is 13.3. The van der Waals surface area contributed by atoms with E-state index in [1.807, 2.05) is 30.3 Å². The van der Waals surface area contributed by atoms with Crippen molar-refractivity contribution < 1.29 is 14.3 Å². The van der Waals surface area contributed by atoms with Crippen LogP contribution in [0.4, 0.5) is 17.1 Å². The summed E-state index contributed by atoms with van der Waals surface area (Å²) < 4.78 is 10.5. The van der Waals surface area contributed by atoms with Gasteiger partial charge in [-0.1, -0.05) is 12.1 Å². The molecule has 7 nitrogen and oxygen atoms in total. The molecule has 0 aliphatic carbocycles. The first-order valence-electron chi connectivity index (χ1n) is 9.19. The fraction of sp³-hybridized carbons (Fsp3) is 0.400. The van der Waals surface area contributed by atoms with Crippen molar-refractivity contribution in [1.29, 1.82) is 0 Å². The van der Waals surface area contributed by atoms with E-state index < -0.39 is 0 Å². The van der Waals surface area contributed by atoms with Gasteiger partial charge in [0.05, 0.1) is 35.8 Å². The average Bonchev–Trinajstić information content (AvgIpc) is 2.72. The minimum absolute atomic E-state index is 0.177. The van der Waals surface area contributed by atoms with Crippen molar-refractivity contribution >= 4 is 23.0 Å². The summed E-state index contributed by atoms with van der Waals surface area (Å²) in [6.45, 7) is 4.48. The highest BCUT2D eigenvalue weighted by Crippen LogP contribution is 2.27. The number of methoxy groups -OCH3 is 1. The Morgan fingerprint density at radius 2 is 2.07 bits per heavy atom. The predicted molar refractivity (Wildman–Crippen MR) is 107 cm³/mol. The van der Waals surface area contributed by atoms with Gasteiger partial charge in [-0.05, 0) is 24.6 Å². The number of aromatic nitrogens is 1. The molecule has 7 heteroatoms. The monoisotopic (exact) mass is 370 g/mol. The molecule has 0 spiro atoms. The summed E-state index contributed by atoms with van der Waals surface area (Å²) in [6.07, 6.45) is 4.18. The van der Waals surface area contributed by atoms with Crippen LogP contribution >= 0.6 is 0 Å². The average molecular weight is 370 g/mol. The summed E-state index contributed by atoms with van der Waals surface area (Å²) in [7, 11) is 1.68. The lowest BCUT2D eigenvalue weighted by Gasteiger charge is -2.30. The number of carbonyl (C=O) groups excluding carboxylic acids is 1. The summed E-state index contributed by atoms with van der Waals surface area (Å²) in [5.74, 6) is -0.177. The number of hydrogen-bond acceptors (Lipinski definition) is 6. The molecule has 1 amide bonds. The number of carbonyl (C=O) groups is 1. The maximum Gasteiger partial charge on any atom is 0.257 e. The Morgan fingerprint density at radius 1 is 1.26 bits per heavy atom. The van der Waals surface area contributed by atoms with Crippen molar-refractivity contribution in [3.63, 3.8) is 0 Å². The first-order valence-corrected chi connectivity index (χ1v) is 9.19. The van der Waals surface area contributed by atoms with E-state index in [2.05, 4.69) is 20.5 Å². The van der Waals surface area contributed by atoms with Gasteiger partial charge >= 0.3 is 0 Å². The Hall–Kier alpha value is -2.64. The molecule has 0 radical (unpaired) electrons. The number of para-hydroxylation sites is 2. The Morgan fingerprint density at radius 3 is 2.89 bits per heavy atom. The smallest absolute Gasteiger partial charge is 0.257 e. The lowest BCUT2D eigenvalue weighted by Crippen LogP contribution is -2.36. The van der Waals surface area contributed by atoms with Gasteiger partial charge in [-0.15, -0.1) is 0 Å². The molecule has 2 N–H and O–H groups in total. The van der Waals surface area contributed by atoms with Crippen LogP contribution in [0.25, 0.3) is 0 Å². The third-order valence-corrected chi connectivity index (χ3v) is 4.36. The molecule has 144 valence electrons. The third-order valence-electron chi connectivity index (χ3n) is 4.36. The molecule has 3 rings (SSSR count). The molecule has 1 aliphatic heterocycles. The molecule has 1 fully saturated rings. The highest BCUT2D eigenvalue weighted by atomic mass is 16.5. The van der Waals surface area contributed by atoms with Crippen LogP contribution in [-0.4, -0.2) is 57.5 Å². The Bertz CT molecular complexity index is 748. The molecule has 0 saturated carbocycles.